The normalized spacial score (nSPS) is 12.5. The van der Waals surface area contributed by atoms with Crippen LogP contribution in [0.15, 0.2) is 36.9 Å². The largest absolute Gasteiger partial charge is 0.454 e. The highest BCUT2D eigenvalue weighted by atomic mass is 16.7. The van der Waals surface area contributed by atoms with Gasteiger partial charge in [-0.25, -0.2) is 9.50 Å². The zero-order valence-corrected chi connectivity index (χ0v) is 12.8. The van der Waals surface area contributed by atoms with Crippen molar-refractivity contribution in [2.45, 2.75) is 12.8 Å². The van der Waals surface area contributed by atoms with E-state index in [1.165, 1.54) is 6.33 Å². The summed E-state index contributed by atoms with van der Waals surface area (Å²) in [6, 6.07) is 5.17. The van der Waals surface area contributed by atoms with Gasteiger partial charge in [0, 0.05) is 24.5 Å². The molecule has 0 unspecified atom stereocenters. The molecule has 1 aliphatic heterocycles. The molecule has 0 saturated heterocycles. The van der Waals surface area contributed by atoms with E-state index in [1.54, 1.807) is 28.9 Å². The van der Waals surface area contributed by atoms with E-state index in [2.05, 4.69) is 20.4 Å². The van der Waals surface area contributed by atoms with Gasteiger partial charge >= 0.3 is 0 Å². The zero-order chi connectivity index (χ0) is 16.4. The summed E-state index contributed by atoms with van der Waals surface area (Å²) < 4.78 is 12.2. The van der Waals surface area contributed by atoms with Crippen molar-refractivity contribution in [3.63, 3.8) is 0 Å². The maximum absolute atomic E-state index is 12.2. The molecular formula is C16H15N5O3. The molecule has 0 bridgehead atoms. The van der Waals surface area contributed by atoms with Crippen LogP contribution in [0, 0.1) is 0 Å². The third-order valence-electron chi connectivity index (χ3n) is 3.75. The molecule has 0 atom stereocenters. The summed E-state index contributed by atoms with van der Waals surface area (Å²) in [5, 5.41) is 6.96. The van der Waals surface area contributed by atoms with Crippen LogP contribution in [0.25, 0.3) is 5.78 Å². The van der Waals surface area contributed by atoms with Crippen molar-refractivity contribution in [1.82, 2.24) is 24.9 Å². The first-order valence-corrected chi connectivity index (χ1v) is 7.62. The molecule has 122 valence electrons. The van der Waals surface area contributed by atoms with Gasteiger partial charge in [0.15, 0.2) is 11.5 Å². The van der Waals surface area contributed by atoms with Gasteiger partial charge in [-0.2, -0.15) is 10.1 Å². The minimum absolute atomic E-state index is 0.127. The summed E-state index contributed by atoms with van der Waals surface area (Å²) in [5.74, 6) is 1.73. The number of carbonyl (C=O) groups excluding carboxylic acids is 1. The monoisotopic (exact) mass is 325 g/mol. The number of benzene rings is 1. The quantitative estimate of drug-likeness (QED) is 0.709. The van der Waals surface area contributed by atoms with Crippen LogP contribution in [-0.4, -0.2) is 38.8 Å². The topological polar surface area (TPSA) is 90.6 Å². The standard InChI is InChI=1S/C16H15N5O3/c22-15(12-3-4-13-14(6-12)24-10-23-13)17-5-1-2-11-7-18-16-19-9-20-21(16)8-11/h3-4,6-9H,1-2,5,10H2,(H,17,22). The maximum atomic E-state index is 12.2. The Balaban J connectivity index is 1.29. The summed E-state index contributed by atoms with van der Waals surface area (Å²) in [7, 11) is 0. The van der Waals surface area contributed by atoms with E-state index in [1.807, 2.05) is 6.20 Å². The van der Waals surface area contributed by atoms with Crippen LogP contribution in [0.2, 0.25) is 0 Å². The Hall–Kier alpha value is -3.16. The van der Waals surface area contributed by atoms with Crippen molar-refractivity contribution in [3.05, 3.63) is 48.0 Å². The second kappa shape index (κ2) is 6.15. The molecule has 2 aromatic heterocycles. The van der Waals surface area contributed by atoms with Crippen molar-refractivity contribution in [2.24, 2.45) is 0 Å². The molecule has 1 N–H and O–H groups in total. The lowest BCUT2D eigenvalue weighted by molar-refractivity contribution is 0.0952. The second-order valence-corrected chi connectivity index (χ2v) is 5.39. The average Bonchev–Trinajstić information content (AvgIpc) is 3.25. The summed E-state index contributed by atoms with van der Waals surface area (Å²) >= 11 is 0. The van der Waals surface area contributed by atoms with Crippen LogP contribution in [0.4, 0.5) is 0 Å². The minimum atomic E-state index is -0.127. The summed E-state index contributed by atoms with van der Waals surface area (Å²) in [4.78, 5) is 20.4. The van der Waals surface area contributed by atoms with Crippen molar-refractivity contribution in [2.75, 3.05) is 13.3 Å². The lowest BCUT2D eigenvalue weighted by atomic mass is 10.1. The lowest BCUT2D eigenvalue weighted by Crippen LogP contribution is -2.24. The number of nitrogens with zero attached hydrogens (tertiary/aromatic N) is 4. The molecule has 0 saturated carbocycles. The highest BCUT2D eigenvalue weighted by molar-refractivity contribution is 5.94. The number of fused-ring (bicyclic) bond motifs is 2. The Labute approximate surface area is 137 Å². The number of ether oxygens (including phenoxy) is 2. The van der Waals surface area contributed by atoms with Crippen LogP contribution in [-0.2, 0) is 6.42 Å². The molecule has 1 amide bonds. The Morgan fingerprint density at radius 1 is 1.25 bits per heavy atom. The van der Waals surface area contributed by atoms with Crippen molar-refractivity contribution in [3.8, 4) is 11.5 Å². The van der Waals surface area contributed by atoms with Gasteiger partial charge in [-0.05, 0) is 36.6 Å². The van der Waals surface area contributed by atoms with E-state index in [9.17, 15) is 4.79 Å². The molecule has 8 heteroatoms. The van der Waals surface area contributed by atoms with E-state index < -0.39 is 0 Å². The summed E-state index contributed by atoms with van der Waals surface area (Å²) in [6.45, 7) is 0.771. The van der Waals surface area contributed by atoms with Gasteiger partial charge in [-0.1, -0.05) is 0 Å². The van der Waals surface area contributed by atoms with Gasteiger partial charge in [-0.3, -0.25) is 4.79 Å². The zero-order valence-electron chi connectivity index (χ0n) is 12.8. The van der Waals surface area contributed by atoms with Crippen LogP contribution in [0.3, 0.4) is 0 Å². The van der Waals surface area contributed by atoms with E-state index in [4.69, 9.17) is 9.47 Å². The maximum Gasteiger partial charge on any atom is 0.252 e. The molecule has 0 radical (unpaired) electrons. The number of amides is 1. The molecule has 24 heavy (non-hydrogen) atoms. The number of nitrogens with one attached hydrogen (secondary N) is 1. The fourth-order valence-corrected chi connectivity index (χ4v) is 2.52. The minimum Gasteiger partial charge on any atom is -0.454 e. The van der Waals surface area contributed by atoms with Crippen LogP contribution >= 0.6 is 0 Å². The molecule has 4 rings (SSSR count). The third-order valence-corrected chi connectivity index (χ3v) is 3.75. The summed E-state index contributed by atoms with van der Waals surface area (Å²) in [5.41, 5.74) is 1.61. The van der Waals surface area contributed by atoms with Crippen molar-refractivity contribution in [1.29, 1.82) is 0 Å². The molecule has 8 nitrogen and oxygen atoms in total. The van der Waals surface area contributed by atoms with Gasteiger partial charge in [0.2, 0.25) is 6.79 Å². The molecular weight excluding hydrogens is 310 g/mol. The Bertz CT molecular complexity index is 892. The van der Waals surface area contributed by atoms with Crippen LogP contribution in [0.1, 0.15) is 22.3 Å². The molecule has 1 aromatic carbocycles. The number of aryl methyl sites for hydroxylation is 1. The predicted octanol–water partition coefficient (Wildman–Crippen LogP) is 1.22. The highest BCUT2D eigenvalue weighted by Crippen LogP contribution is 2.32. The molecule has 0 spiro atoms. The first kappa shape index (κ1) is 14.4. The van der Waals surface area contributed by atoms with E-state index >= 15 is 0 Å². The highest BCUT2D eigenvalue weighted by Gasteiger charge is 2.15. The SMILES string of the molecule is O=C(NCCCc1cnc2ncnn2c1)c1ccc2c(c1)OCO2. The summed E-state index contributed by atoms with van der Waals surface area (Å²) in [6.07, 6.45) is 6.75. The molecule has 0 fully saturated rings. The molecule has 0 aliphatic carbocycles. The van der Waals surface area contributed by atoms with E-state index in [-0.39, 0.29) is 12.7 Å². The van der Waals surface area contributed by atoms with Crippen LogP contribution in [0.5, 0.6) is 11.5 Å². The fourth-order valence-electron chi connectivity index (χ4n) is 2.52. The second-order valence-electron chi connectivity index (χ2n) is 5.39. The van der Waals surface area contributed by atoms with Crippen LogP contribution < -0.4 is 14.8 Å². The smallest absolute Gasteiger partial charge is 0.252 e. The predicted molar refractivity (Wildman–Crippen MR) is 84.0 cm³/mol. The molecule has 1 aliphatic rings. The first-order valence-electron chi connectivity index (χ1n) is 7.62. The van der Waals surface area contributed by atoms with E-state index in [0.29, 0.717) is 29.4 Å². The van der Waals surface area contributed by atoms with Gasteiger partial charge in [0.1, 0.15) is 6.33 Å². The average molecular weight is 325 g/mol. The number of carbonyl (C=O) groups is 1. The van der Waals surface area contributed by atoms with Gasteiger partial charge in [0.05, 0.1) is 0 Å². The molecule has 3 aromatic rings. The fraction of sp³-hybridized carbons (Fsp3) is 0.250. The van der Waals surface area contributed by atoms with Gasteiger partial charge in [-0.15, -0.1) is 0 Å². The third kappa shape index (κ3) is 2.85. The van der Waals surface area contributed by atoms with E-state index in [0.717, 1.165) is 18.4 Å². The Morgan fingerprint density at radius 3 is 3.12 bits per heavy atom. The Kier molecular flexibility index (Phi) is 3.70. The van der Waals surface area contributed by atoms with Crippen molar-refractivity contribution < 1.29 is 14.3 Å². The Morgan fingerprint density at radius 2 is 2.17 bits per heavy atom. The molecule has 3 heterocycles. The number of hydrogen-bond acceptors (Lipinski definition) is 6. The van der Waals surface area contributed by atoms with Crippen molar-refractivity contribution >= 4 is 11.7 Å². The first-order chi connectivity index (χ1) is 11.8. The number of hydrogen-bond donors (Lipinski definition) is 1. The number of aromatic nitrogens is 4. The lowest BCUT2D eigenvalue weighted by Gasteiger charge is -2.06. The number of rotatable bonds is 5. The van der Waals surface area contributed by atoms with Gasteiger partial charge in [0.25, 0.3) is 11.7 Å². The van der Waals surface area contributed by atoms with Gasteiger partial charge < -0.3 is 14.8 Å².